The van der Waals surface area contributed by atoms with E-state index in [0.717, 1.165) is 10.2 Å². The molecule has 0 atom stereocenters. The molecule has 2 aromatic heterocycles. The van der Waals surface area contributed by atoms with Crippen molar-refractivity contribution in [2.24, 2.45) is 5.73 Å². The van der Waals surface area contributed by atoms with Gasteiger partial charge < -0.3 is 15.0 Å². The first kappa shape index (κ1) is 13.5. The van der Waals surface area contributed by atoms with Gasteiger partial charge in [0.1, 0.15) is 11.2 Å². The minimum Gasteiger partial charge on any atom is -0.461 e. The van der Waals surface area contributed by atoms with Gasteiger partial charge in [-0.3, -0.25) is 4.79 Å². The number of ether oxygens (including phenoxy) is 1. The van der Waals surface area contributed by atoms with Crippen LogP contribution in [0.2, 0.25) is 4.34 Å². The first-order valence-electron chi connectivity index (χ1n) is 6.28. The van der Waals surface area contributed by atoms with Crippen molar-refractivity contribution < 1.29 is 14.3 Å². The van der Waals surface area contributed by atoms with E-state index in [1.165, 1.54) is 11.3 Å². The number of halogens is 1. The number of primary amides is 1. The molecule has 1 aliphatic carbocycles. The maximum Gasteiger partial charge on any atom is 0.355 e. The molecule has 1 saturated carbocycles. The number of rotatable bonds is 4. The molecule has 0 spiro atoms. The molecule has 2 N–H and O–H groups in total. The zero-order chi connectivity index (χ0) is 14.5. The molecule has 1 amide bonds. The van der Waals surface area contributed by atoms with Crippen molar-refractivity contribution in [3.8, 4) is 0 Å². The second kappa shape index (κ2) is 4.49. The average molecular weight is 313 g/mol. The summed E-state index contributed by atoms with van der Waals surface area (Å²) in [5, 5.41) is 0. The Labute approximate surface area is 124 Å². The number of carbonyl (C=O) groups is 2. The number of hydrogen-bond acceptors (Lipinski definition) is 4. The number of hydrogen-bond donors (Lipinski definition) is 1. The predicted molar refractivity (Wildman–Crippen MR) is 77.2 cm³/mol. The lowest BCUT2D eigenvalue weighted by molar-refractivity contribution is -0.122. The number of esters is 1. The third kappa shape index (κ3) is 1.83. The van der Waals surface area contributed by atoms with Crippen molar-refractivity contribution in [1.29, 1.82) is 0 Å². The van der Waals surface area contributed by atoms with E-state index in [9.17, 15) is 9.59 Å². The zero-order valence-electron chi connectivity index (χ0n) is 10.8. The van der Waals surface area contributed by atoms with Crippen LogP contribution in [0.3, 0.4) is 0 Å². The Hall–Kier alpha value is -1.53. The average Bonchev–Trinajstić information content (AvgIpc) is 2.99. The van der Waals surface area contributed by atoms with Crippen LogP contribution in [0.5, 0.6) is 0 Å². The Balaban J connectivity index is 2.22. The second-order valence-corrected chi connectivity index (χ2v) is 6.50. The summed E-state index contributed by atoms with van der Waals surface area (Å²) >= 11 is 7.38. The predicted octanol–water partition coefficient (Wildman–Crippen LogP) is 2.51. The van der Waals surface area contributed by atoms with Gasteiger partial charge in [-0.1, -0.05) is 11.6 Å². The van der Waals surface area contributed by atoms with Crippen molar-refractivity contribution in [2.75, 3.05) is 6.61 Å². The summed E-state index contributed by atoms with van der Waals surface area (Å²) in [6, 6.07) is 3.47. The van der Waals surface area contributed by atoms with Crippen LogP contribution in [0.25, 0.3) is 10.2 Å². The van der Waals surface area contributed by atoms with Crippen LogP contribution in [0.4, 0.5) is 0 Å². The van der Waals surface area contributed by atoms with E-state index in [1.54, 1.807) is 23.6 Å². The molecule has 0 unspecified atom stereocenters. The SMILES string of the molecule is CCOC(=O)c1cc2sc(Cl)cc2n1C1(C(N)=O)CC1. The Kier molecular flexibility index (Phi) is 3.02. The standard InChI is InChI=1S/C13H13ClN2O3S/c1-2-19-11(17)8-5-9-7(6-10(14)20-9)16(8)13(3-4-13)12(15)18/h5-6H,2-4H2,1H3,(H2,15,18). The number of amides is 1. The molecule has 20 heavy (non-hydrogen) atoms. The van der Waals surface area contributed by atoms with Gasteiger partial charge in [0.25, 0.3) is 0 Å². The summed E-state index contributed by atoms with van der Waals surface area (Å²) in [6.45, 7) is 2.02. The fourth-order valence-electron chi connectivity index (χ4n) is 2.48. The maximum absolute atomic E-state index is 12.1. The molecule has 0 radical (unpaired) electrons. The maximum atomic E-state index is 12.1. The quantitative estimate of drug-likeness (QED) is 0.881. The largest absolute Gasteiger partial charge is 0.461 e. The van der Waals surface area contributed by atoms with E-state index >= 15 is 0 Å². The van der Waals surface area contributed by atoms with Gasteiger partial charge in [0, 0.05) is 0 Å². The first-order chi connectivity index (χ1) is 9.49. The van der Waals surface area contributed by atoms with Crippen LogP contribution < -0.4 is 5.73 Å². The van der Waals surface area contributed by atoms with Gasteiger partial charge in [-0.05, 0) is 31.9 Å². The Morgan fingerprint density at radius 3 is 2.75 bits per heavy atom. The molecular formula is C13H13ClN2O3S. The lowest BCUT2D eigenvalue weighted by Gasteiger charge is -2.17. The molecule has 106 valence electrons. The topological polar surface area (TPSA) is 74.3 Å². The van der Waals surface area contributed by atoms with Crippen molar-refractivity contribution in [2.45, 2.75) is 25.3 Å². The van der Waals surface area contributed by atoms with E-state index in [2.05, 4.69) is 0 Å². The lowest BCUT2D eigenvalue weighted by atomic mass is 10.2. The van der Waals surface area contributed by atoms with Crippen LogP contribution in [-0.2, 0) is 15.1 Å². The lowest BCUT2D eigenvalue weighted by Crippen LogP contribution is -2.35. The highest BCUT2D eigenvalue weighted by Gasteiger charge is 2.52. The molecule has 5 nitrogen and oxygen atoms in total. The van der Waals surface area contributed by atoms with E-state index < -0.39 is 17.4 Å². The van der Waals surface area contributed by atoms with Gasteiger partial charge in [-0.25, -0.2) is 4.79 Å². The number of fused-ring (bicyclic) bond motifs is 1. The smallest absolute Gasteiger partial charge is 0.355 e. The second-order valence-electron chi connectivity index (χ2n) is 4.78. The van der Waals surface area contributed by atoms with Gasteiger partial charge in [-0.15, -0.1) is 11.3 Å². The first-order valence-corrected chi connectivity index (χ1v) is 7.47. The minimum atomic E-state index is -0.811. The van der Waals surface area contributed by atoms with Gasteiger partial charge in [0.15, 0.2) is 0 Å². The third-order valence-electron chi connectivity index (χ3n) is 3.55. The summed E-state index contributed by atoms with van der Waals surface area (Å²) in [5.74, 6) is -0.873. The van der Waals surface area contributed by atoms with E-state index in [4.69, 9.17) is 22.1 Å². The van der Waals surface area contributed by atoms with Crippen molar-refractivity contribution in [3.63, 3.8) is 0 Å². The molecule has 1 fully saturated rings. The summed E-state index contributed by atoms with van der Waals surface area (Å²) in [6.07, 6.45) is 1.26. The number of nitrogens with two attached hydrogens (primary N) is 1. The Morgan fingerprint density at radius 1 is 1.50 bits per heavy atom. The van der Waals surface area contributed by atoms with E-state index in [0.29, 0.717) is 22.9 Å². The van der Waals surface area contributed by atoms with Gasteiger partial charge in [0.05, 0.1) is 21.2 Å². The normalized spacial score (nSPS) is 16.3. The monoisotopic (exact) mass is 312 g/mol. The molecule has 0 bridgehead atoms. The third-order valence-corrected chi connectivity index (χ3v) is 4.75. The number of thiophene rings is 1. The molecule has 0 aliphatic heterocycles. The molecule has 7 heteroatoms. The van der Waals surface area contributed by atoms with Crippen LogP contribution in [0.1, 0.15) is 30.3 Å². The molecule has 2 heterocycles. The molecule has 0 saturated heterocycles. The van der Waals surface area contributed by atoms with E-state index in [1.807, 2.05) is 0 Å². The van der Waals surface area contributed by atoms with Crippen LogP contribution >= 0.6 is 22.9 Å². The van der Waals surface area contributed by atoms with Gasteiger partial charge in [0.2, 0.25) is 5.91 Å². The summed E-state index contributed by atoms with van der Waals surface area (Å²) < 4.78 is 8.22. The number of aromatic nitrogens is 1. The van der Waals surface area contributed by atoms with Crippen LogP contribution in [0.15, 0.2) is 12.1 Å². The van der Waals surface area contributed by atoms with Gasteiger partial charge in [-0.2, -0.15) is 0 Å². The van der Waals surface area contributed by atoms with Crippen LogP contribution in [-0.4, -0.2) is 23.1 Å². The summed E-state index contributed by atoms with van der Waals surface area (Å²) in [7, 11) is 0. The highest BCUT2D eigenvalue weighted by atomic mass is 35.5. The molecule has 2 aromatic rings. The van der Waals surface area contributed by atoms with Crippen molar-refractivity contribution in [3.05, 3.63) is 22.2 Å². The molecule has 0 aromatic carbocycles. The number of carbonyl (C=O) groups excluding carboxylic acids is 2. The number of nitrogens with zero attached hydrogens (tertiary/aromatic N) is 1. The van der Waals surface area contributed by atoms with Crippen molar-refractivity contribution in [1.82, 2.24) is 4.57 Å². The minimum absolute atomic E-state index is 0.280. The fraction of sp³-hybridized carbons (Fsp3) is 0.385. The highest BCUT2D eigenvalue weighted by molar-refractivity contribution is 7.22. The molecule has 3 rings (SSSR count). The van der Waals surface area contributed by atoms with Crippen LogP contribution in [0, 0.1) is 0 Å². The molecular weight excluding hydrogens is 300 g/mol. The summed E-state index contributed by atoms with van der Waals surface area (Å²) in [4.78, 5) is 23.9. The zero-order valence-corrected chi connectivity index (χ0v) is 12.4. The highest BCUT2D eigenvalue weighted by Crippen LogP contribution is 2.48. The Morgan fingerprint density at radius 2 is 2.20 bits per heavy atom. The molecule has 1 aliphatic rings. The van der Waals surface area contributed by atoms with E-state index in [-0.39, 0.29) is 6.61 Å². The van der Waals surface area contributed by atoms with Crippen molar-refractivity contribution >= 4 is 45.0 Å². The van der Waals surface area contributed by atoms with Gasteiger partial charge >= 0.3 is 5.97 Å². The summed E-state index contributed by atoms with van der Waals surface area (Å²) in [5.41, 5.74) is 5.84. The fourth-order valence-corrected chi connectivity index (χ4v) is 3.64. The Bertz CT molecular complexity index is 715.